The number of amides is 2. The molecule has 1 saturated carbocycles. The lowest BCUT2D eigenvalue weighted by atomic mass is 10.0. The molecule has 2 fully saturated rings. The molecule has 3 N–H and O–H groups in total. The number of carbonyl (C=O) groups excluding carboxylic acids is 2. The Morgan fingerprint density at radius 1 is 1.30 bits per heavy atom. The van der Waals surface area contributed by atoms with E-state index in [9.17, 15) is 22.8 Å². The highest BCUT2D eigenvalue weighted by Gasteiger charge is 2.39. The van der Waals surface area contributed by atoms with E-state index in [-0.39, 0.29) is 47.1 Å². The summed E-state index contributed by atoms with van der Waals surface area (Å²) in [6, 6.07) is 5.06. The number of rotatable bonds is 6. The van der Waals surface area contributed by atoms with Gasteiger partial charge in [0.2, 0.25) is 11.8 Å². The Bertz CT molecular complexity index is 692. The predicted octanol–water partition coefficient (Wildman–Crippen LogP) is 3.08. The van der Waals surface area contributed by atoms with Crippen molar-refractivity contribution in [1.82, 2.24) is 16.0 Å². The van der Waals surface area contributed by atoms with Crippen molar-refractivity contribution in [1.29, 1.82) is 0 Å². The van der Waals surface area contributed by atoms with Gasteiger partial charge in [0.25, 0.3) is 0 Å². The maximum atomic E-state index is 12.6. The molecule has 27 heavy (non-hydrogen) atoms. The standard InChI is InChI=1S/C18H22F3N3O2S/c1-2-13(10-5-7-12(8-6-10)27-18(19,20)21)23-17(26)14-9-15(25)24-16(22-14)11-3-4-11/h5-8,11,13-14,16,22H,2-4,9H2,1H3,(H,23,26)(H,24,25)/t13-,14?,16?/m1/s1. The predicted molar refractivity (Wildman–Crippen MR) is 95.7 cm³/mol. The molecule has 5 nitrogen and oxygen atoms in total. The summed E-state index contributed by atoms with van der Waals surface area (Å²) in [5.74, 6) is -0.0336. The molecule has 1 heterocycles. The minimum Gasteiger partial charge on any atom is -0.348 e. The molecule has 2 amide bonds. The lowest BCUT2D eigenvalue weighted by Gasteiger charge is -2.32. The molecule has 1 saturated heterocycles. The van der Waals surface area contributed by atoms with Crippen molar-refractivity contribution >= 4 is 23.6 Å². The van der Waals surface area contributed by atoms with Gasteiger partial charge in [0.05, 0.1) is 24.7 Å². The lowest BCUT2D eigenvalue weighted by molar-refractivity contribution is -0.132. The second-order valence-corrected chi connectivity index (χ2v) is 8.03. The average molecular weight is 401 g/mol. The summed E-state index contributed by atoms with van der Waals surface area (Å²) < 4.78 is 37.3. The zero-order valence-corrected chi connectivity index (χ0v) is 15.6. The third-order valence-electron chi connectivity index (χ3n) is 4.74. The van der Waals surface area contributed by atoms with Gasteiger partial charge in [0.15, 0.2) is 0 Å². The van der Waals surface area contributed by atoms with Crippen molar-refractivity contribution in [3.05, 3.63) is 29.8 Å². The van der Waals surface area contributed by atoms with Crippen LogP contribution in [-0.4, -0.2) is 29.5 Å². The third kappa shape index (κ3) is 5.62. The Hall–Kier alpha value is -1.74. The van der Waals surface area contributed by atoms with Gasteiger partial charge >= 0.3 is 5.51 Å². The third-order valence-corrected chi connectivity index (χ3v) is 5.48. The number of thioether (sulfide) groups is 1. The minimum atomic E-state index is -4.33. The zero-order chi connectivity index (χ0) is 19.6. The maximum Gasteiger partial charge on any atom is 0.446 e. The zero-order valence-electron chi connectivity index (χ0n) is 14.8. The fraction of sp³-hybridized carbons (Fsp3) is 0.556. The molecule has 1 aliphatic carbocycles. The van der Waals surface area contributed by atoms with Crippen molar-refractivity contribution in [3.63, 3.8) is 0 Å². The van der Waals surface area contributed by atoms with Gasteiger partial charge in [0, 0.05) is 4.90 Å². The van der Waals surface area contributed by atoms with Crippen LogP contribution in [0.15, 0.2) is 29.2 Å². The van der Waals surface area contributed by atoms with Gasteiger partial charge in [-0.05, 0) is 54.6 Å². The van der Waals surface area contributed by atoms with E-state index in [4.69, 9.17) is 0 Å². The number of hydrogen-bond donors (Lipinski definition) is 3. The number of hydrogen-bond acceptors (Lipinski definition) is 4. The van der Waals surface area contributed by atoms with Gasteiger partial charge in [-0.3, -0.25) is 14.9 Å². The molecular formula is C18H22F3N3O2S. The lowest BCUT2D eigenvalue weighted by Crippen LogP contribution is -2.61. The van der Waals surface area contributed by atoms with Gasteiger partial charge < -0.3 is 10.6 Å². The number of benzene rings is 1. The SMILES string of the molecule is CC[C@@H](NC(=O)C1CC(=O)NC(C2CC2)N1)c1ccc(SC(F)(F)F)cc1. The summed E-state index contributed by atoms with van der Waals surface area (Å²) in [6.45, 7) is 1.89. The molecule has 0 aromatic heterocycles. The molecule has 2 unspecified atom stereocenters. The number of carbonyl (C=O) groups is 2. The van der Waals surface area contributed by atoms with Crippen molar-refractivity contribution in [3.8, 4) is 0 Å². The fourth-order valence-corrected chi connectivity index (χ4v) is 3.72. The van der Waals surface area contributed by atoms with Crippen LogP contribution in [0.25, 0.3) is 0 Å². The van der Waals surface area contributed by atoms with Gasteiger partial charge in [0.1, 0.15) is 0 Å². The maximum absolute atomic E-state index is 12.6. The highest BCUT2D eigenvalue weighted by Crippen LogP contribution is 2.37. The summed E-state index contributed by atoms with van der Waals surface area (Å²) in [7, 11) is 0. The Balaban J connectivity index is 1.62. The summed E-state index contributed by atoms with van der Waals surface area (Å²) in [6.07, 6.45) is 2.56. The second kappa shape index (κ2) is 8.10. The topological polar surface area (TPSA) is 70.2 Å². The minimum absolute atomic E-state index is 0.0760. The van der Waals surface area contributed by atoms with Crippen molar-refractivity contribution in [2.45, 2.75) is 61.3 Å². The average Bonchev–Trinajstić information content (AvgIpc) is 3.43. The highest BCUT2D eigenvalue weighted by atomic mass is 32.2. The molecule has 1 aromatic rings. The smallest absolute Gasteiger partial charge is 0.348 e. The van der Waals surface area contributed by atoms with Gasteiger partial charge in [-0.15, -0.1) is 0 Å². The fourth-order valence-electron chi connectivity index (χ4n) is 3.18. The summed E-state index contributed by atoms with van der Waals surface area (Å²) in [5.41, 5.74) is -3.60. The van der Waals surface area contributed by atoms with Crippen molar-refractivity contribution < 1.29 is 22.8 Å². The van der Waals surface area contributed by atoms with Gasteiger partial charge in [-0.25, -0.2) is 0 Å². The Labute approximate surface area is 159 Å². The van der Waals surface area contributed by atoms with E-state index in [1.165, 1.54) is 12.1 Å². The number of nitrogens with one attached hydrogen (secondary N) is 3. The molecule has 1 aliphatic heterocycles. The molecule has 0 bridgehead atoms. The van der Waals surface area contributed by atoms with Crippen LogP contribution in [0.5, 0.6) is 0 Å². The van der Waals surface area contributed by atoms with Crippen molar-refractivity contribution in [2.75, 3.05) is 0 Å². The first-order valence-corrected chi connectivity index (χ1v) is 9.78. The first-order valence-electron chi connectivity index (χ1n) is 8.96. The molecule has 148 valence electrons. The van der Waals surface area contributed by atoms with E-state index in [2.05, 4.69) is 16.0 Å². The Morgan fingerprint density at radius 3 is 2.52 bits per heavy atom. The van der Waals surface area contributed by atoms with Crippen LogP contribution in [0.1, 0.15) is 44.2 Å². The van der Waals surface area contributed by atoms with Crippen LogP contribution in [-0.2, 0) is 9.59 Å². The highest BCUT2D eigenvalue weighted by molar-refractivity contribution is 8.00. The van der Waals surface area contributed by atoms with Crippen LogP contribution in [0.3, 0.4) is 0 Å². The van der Waals surface area contributed by atoms with Crippen LogP contribution < -0.4 is 16.0 Å². The molecule has 2 aliphatic rings. The number of alkyl halides is 3. The first kappa shape index (κ1) is 20.0. The monoisotopic (exact) mass is 401 g/mol. The van der Waals surface area contributed by atoms with Crippen LogP contribution in [0.2, 0.25) is 0 Å². The van der Waals surface area contributed by atoms with E-state index >= 15 is 0 Å². The molecule has 0 spiro atoms. The van der Waals surface area contributed by atoms with E-state index in [1.54, 1.807) is 12.1 Å². The Morgan fingerprint density at radius 2 is 1.96 bits per heavy atom. The van der Waals surface area contributed by atoms with Crippen molar-refractivity contribution in [2.24, 2.45) is 5.92 Å². The molecule has 3 rings (SSSR count). The largest absolute Gasteiger partial charge is 0.446 e. The van der Waals surface area contributed by atoms with E-state index < -0.39 is 11.6 Å². The second-order valence-electron chi connectivity index (χ2n) is 6.89. The summed E-state index contributed by atoms with van der Waals surface area (Å²) in [4.78, 5) is 24.6. The quantitative estimate of drug-likeness (QED) is 0.641. The van der Waals surface area contributed by atoms with E-state index in [1.807, 2.05) is 6.92 Å². The molecule has 9 heteroatoms. The molecular weight excluding hydrogens is 379 g/mol. The van der Waals surface area contributed by atoms with Crippen LogP contribution in [0.4, 0.5) is 13.2 Å². The summed E-state index contributed by atoms with van der Waals surface area (Å²) in [5, 5.41) is 8.96. The van der Waals surface area contributed by atoms with Gasteiger partial charge in [-0.1, -0.05) is 19.1 Å². The summed E-state index contributed by atoms with van der Waals surface area (Å²) >= 11 is -0.167. The Kier molecular flexibility index (Phi) is 6.00. The molecule has 3 atom stereocenters. The molecule has 1 aromatic carbocycles. The van der Waals surface area contributed by atoms with Gasteiger partial charge in [-0.2, -0.15) is 13.2 Å². The van der Waals surface area contributed by atoms with E-state index in [0.29, 0.717) is 12.3 Å². The van der Waals surface area contributed by atoms with E-state index in [0.717, 1.165) is 18.4 Å². The van der Waals surface area contributed by atoms with Crippen LogP contribution in [0, 0.1) is 5.92 Å². The normalized spacial score (nSPS) is 24.2. The number of halogens is 3. The molecule has 0 radical (unpaired) electrons. The van der Waals surface area contributed by atoms with Crippen LogP contribution >= 0.6 is 11.8 Å². The first-order chi connectivity index (χ1) is 12.7.